The summed E-state index contributed by atoms with van der Waals surface area (Å²) in [6.07, 6.45) is 9.79. The molecule has 3 nitrogen and oxygen atoms in total. The van der Waals surface area contributed by atoms with E-state index in [1.54, 1.807) is 6.92 Å². The fraction of sp³-hybridized carbons (Fsp3) is 0.938. The molecule has 1 spiro atoms. The molecular formula is C16H27NO2. The minimum absolute atomic E-state index is 0.223. The average Bonchev–Trinajstić information content (AvgIpc) is 2.87. The van der Waals surface area contributed by atoms with E-state index in [0.29, 0.717) is 17.7 Å². The summed E-state index contributed by atoms with van der Waals surface area (Å²) < 4.78 is 6.13. The lowest BCUT2D eigenvalue weighted by Crippen LogP contribution is -2.50. The predicted molar refractivity (Wildman–Crippen MR) is 75.2 cm³/mol. The Hall–Kier alpha value is -0.410. The van der Waals surface area contributed by atoms with E-state index in [0.717, 1.165) is 32.5 Å². The van der Waals surface area contributed by atoms with Crippen molar-refractivity contribution in [2.45, 2.75) is 69.9 Å². The van der Waals surface area contributed by atoms with E-state index in [4.69, 9.17) is 4.74 Å². The van der Waals surface area contributed by atoms with Crippen LogP contribution in [0.25, 0.3) is 0 Å². The first-order valence-corrected chi connectivity index (χ1v) is 8.07. The van der Waals surface area contributed by atoms with Gasteiger partial charge >= 0.3 is 0 Å². The fourth-order valence-corrected chi connectivity index (χ4v) is 4.35. The summed E-state index contributed by atoms with van der Waals surface area (Å²) in [5.41, 5.74) is 0.223. The molecule has 2 heterocycles. The first-order chi connectivity index (χ1) is 9.19. The van der Waals surface area contributed by atoms with Gasteiger partial charge in [0.05, 0.1) is 5.60 Å². The minimum atomic E-state index is 0.223. The van der Waals surface area contributed by atoms with Gasteiger partial charge in [0, 0.05) is 18.6 Å². The van der Waals surface area contributed by atoms with Crippen molar-refractivity contribution in [3.8, 4) is 0 Å². The monoisotopic (exact) mass is 265 g/mol. The Morgan fingerprint density at radius 2 is 1.84 bits per heavy atom. The normalized spacial score (nSPS) is 32.8. The Balaban J connectivity index is 1.56. The van der Waals surface area contributed by atoms with Crippen LogP contribution >= 0.6 is 0 Å². The van der Waals surface area contributed by atoms with Crippen LogP contribution in [0.5, 0.6) is 0 Å². The van der Waals surface area contributed by atoms with Gasteiger partial charge < -0.3 is 9.64 Å². The number of hydrogen-bond acceptors (Lipinski definition) is 3. The highest BCUT2D eigenvalue weighted by atomic mass is 16.5. The van der Waals surface area contributed by atoms with Crippen molar-refractivity contribution in [1.82, 2.24) is 4.90 Å². The van der Waals surface area contributed by atoms with Crippen LogP contribution in [-0.4, -0.2) is 42.0 Å². The van der Waals surface area contributed by atoms with E-state index in [9.17, 15) is 4.79 Å². The minimum Gasteiger partial charge on any atom is -0.375 e. The lowest BCUT2D eigenvalue weighted by Gasteiger charge is -2.45. The molecule has 3 heteroatoms. The maximum Gasteiger partial charge on any atom is 0.133 e. The molecule has 0 aromatic heterocycles. The molecule has 1 atom stereocenters. The molecule has 2 aliphatic heterocycles. The quantitative estimate of drug-likeness (QED) is 0.769. The summed E-state index contributed by atoms with van der Waals surface area (Å²) in [5, 5.41) is 0. The molecule has 1 aliphatic carbocycles. The number of ketones is 1. The van der Waals surface area contributed by atoms with Gasteiger partial charge in [0.2, 0.25) is 0 Å². The van der Waals surface area contributed by atoms with Crippen molar-refractivity contribution in [2.75, 3.05) is 19.7 Å². The molecule has 0 radical (unpaired) electrons. The summed E-state index contributed by atoms with van der Waals surface area (Å²) >= 11 is 0. The molecule has 3 fully saturated rings. The molecule has 1 saturated carbocycles. The highest BCUT2D eigenvalue weighted by molar-refractivity contribution is 5.78. The van der Waals surface area contributed by atoms with Gasteiger partial charge in [-0.05, 0) is 58.5 Å². The molecule has 3 aliphatic rings. The van der Waals surface area contributed by atoms with E-state index in [1.165, 1.54) is 38.5 Å². The number of nitrogens with zero attached hydrogens (tertiary/aromatic N) is 1. The summed E-state index contributed by atoms with van der Waals surface area (Å²) in [6.45, 7) is 4.93. The molecular weight excluding hydrogens is 238 g/mol. The Morgan fingerprint density at radius 1 is 1.16 bits per heavy atom. The second-order valence-corrected chi connectivity index (χ2v) is 6.81. The molecule has 19 heavy (non-hydrogen) atoms. The van der Waals surface area contributed by atoms with Crippen LogP contribution in [-0.2, 0) is 9.53 Å². The van der Waals surface area contributed by atoms with Crippen molar-refractivity contribution in [1.29, 1.82) is 0 Å². The van der Waals surface area contributed by atoms with Crippen molar-refractivity contribution in [3.05, 3.63) is 0 Å². The van der Waals surface area contributed by atoms with Crippen molar-refractivity contribution < 1.29 is 9.53 Å². The SMILES string of the molecule is CC(=O)C1CCN(C2CCOC3(CCCC3)C2)CC1. The van der Waals surface area contributed by atoms with Gasteiger partial charge in [-0.15, -0.1) is 0 Å². The molecule has 3 rings (SSSR count). The van der Waals surface area contributed by atoms with Crippen LogP contribution in [0.15, 0.2) is 0 Å². The third kappa shape index (κ3) is 2.87. The molecule has 0 aromatic carbocycles. The second-order valence-electron chi connectivity index (χ2n) is 6.81. The second kappa shape index (κ2) is 5.53. The highest BCUT2D eigenvalue weighted by Crippen LogP contribution is 2.41. The number of Topliss-reactive ketones (excluding diaryl/α,β-unsaturated/α-hetero) is 1. The molecule has 0 aromatic rings. The van der Waals surface area contributed by atoms with Crippen LogP contribution in [0.3, 0.4) is 0 Å². The number of hydrogen-bond donors (Lipinski definition) is 0. The Morgan fingerprint density at radius 3 is 2.47 bits per heavy atom. The first kappa shape index (κ1) is 13.6. The molecule has 0 N–H and O–H groups in total. The Labute approximate surface area is 116 Å². The number of piperidine rings is 1. The van der Waals surface area contributed by atoms with Gasteiger partial charge in [-0.1, -0.05) is 12.8 Å². The zero-order valence-electron chi connectivity index (χ0n) is 12.2. The largest absolute Gasteiger partial charge is 0.375 e. The maximum atomic E-state index is 11.4. The lowest BCUT2D eigenvalue weighted by atomic mass is 9.86. The van der Waals surface area contributed by atoms with E-state index >= 15 is 0 Å². The van der Waals surface area contributed by atoms with Gasteiger partial charge in [0.15, 0.2) is 0 Å². The standard InChI is InChI=1S/C16H27NO2/c1-13(18)14-4-9-17(10-5-14)15-6-11-19-16(12-15)7-2-3-8-16/h14-15H,2-12H2,1H3. The number of carbonyl (C=O) groups is 1. The lowest BCUT2D eigenvalue weighted by molar-refractivity contribution is -0.124. The van der Waals surface area contributed by atoms with Crippen LogP contribution in [0, 0.1) is 5.92 Å². The van der Waals surface area contributed by atoms with Crippen LogP contribution < -0.4 is 0 Å². The third-order valence-electron chi connectivity index (χ3n) is 5.60. The van der Waals surface area contributed by atoms with Gasteiger partial charge in [-0.25, -0.2) is 0 Å². The van der Waals surface area contributed by atoms with Crippen molar-refractivity contribution in [3.63, 3.8) is 0 Å². The summed E-state index contributed by atoms with van der Waals surface area (Å²) in [5.74, 6) is 0.718. The van der Waals surface area contributed by atoms with Crippen LogP contribution in [0.2, 0.25) is 0 Å². The van der Waals surface area contributed by atoms with Gasteiger partial charge in [-0.3, -0.25) is 4.79 Å². The molecule has 1 unspecified atom stereocenters. The van der Waals surface area contributed by atoms with E-state index < -0.39 is 0 Å². The summed E-state index contributed by atoms with van der Waals surface area (Å²) in [7, 11) is 0. The smallest absolute Gasteiger partial charge is 0.133 e. The van der Waals surface area contributed by atoms with Crippen molar-refractivity contribution in [2.24, 2.45) is 5.92 Å². The predicted octanol–water partition coefficient (Wildman–Crippen LogP) is 2.78. The number of ether oxygens (including phenoxy) is 1. The van der Waals surface area contributed by atoms with E-state index in [1.807, 2.05) is 0 Å². The first-order valence-electron chi connectivity index (χ1n) is 8.07. The van der Waals surface area contributed by atoms with Crippen molar-refractivity contribution >= 4 is 5.78 Å². The maximum absolute atomic E-state index is 11.4. The molecule has 2 saturated heterocycles. The molecule has 0 bridgehead atoms. The average molecular weight is 265 g/mol. The topological polar surface area (TPSA) is 29.5 Å². The zero-order valence-corrected chi connectivity index (χ0v) is 12.2. The Kier molecular flexibility index (Phi) is 3.95. The number of carbonyl (C=O) groups excluding carboxylic acids is 1. The van der Waals surface area contributed by atoms with Gasteiger partial charge in [-0.2, -0.15) is 0 Å². The van der Waals surface area contributed by atoms with E-state index in [-0.39, 0.29) is 5.60 Å². The van der Waals surface area contributed by atoms with Gasteiger partial charge in [0.25, 0.3) is 0 Å². The van der Waals surface area contributed by atoms with Crippen LogP contribution in [0.1, 0.15) is 58.3 Å². The zero-order chi connectivity index (χ0) is 13.3. The summed E-state index contributed by atoms with van der Waals surface area (Å²) in [6, 6.07) is 0.708. The Bertz CT molecular complexity index is 328. The summed E-state index contributed by atoms with van der Waals surface area (Å²) in [4.78, 5) is 14.1. The highest BCUT2D eigenvalue weighted by Gasteiger charge is 2.42. The van der Waals surface area contributed by atoms with E-state index in [2.05, 4.69) is 4.90 Å². The third-order valence-corrected chi connectivity index (χ3v) is 5.60. The van der Waals surface area contributed by atoms with Gasteiger partial charge in [0.1, 0.15) is 5.78 Å². The molecule has 0 amide bonds. The fourth-order valence-electron chi connectivity index (χ4n) is 4.35. The number of rotatable bonds is 2. The van der Waals surface area contributed by atoms with Crippen LogP contribution in [0.4, 0.5) is 0 Å². The molecule has 108 valence electrons. The number of likely N-dealkylation sites (tertiary alicyclic amines) is 1.